The predicted molar refractivity (Wildman–Crippen MR) is 120 cm³/mol. The molecule has 2 N–H and O–H groups in total. The van der Waals surface area contributed by atoms with Crippen LogP contribution in [0.2, 0.25) is 5.02 Å². The maximum atomic E-state index is 14.4. The van der Waals surface area contributed by atoms with Gasteiger partial charge in [-0.3, -0.25) is 0 Å². The summed E-state index contributed by atoms with van der Waals surface area (Å²) in [5, 5.41) is 4.64. The number of nitrogens with zero attached hydrogens (tertiary/aromatic N) is 4. The Hall–Kier alpha value is -1.90. The maximum absolute atomic E-state index is 14.4. The molecule has 0 spiro atoms. The molecule has 0 amide bonds. The van der Waals surface area contributed by atoms with E-state index >= 15 is 0 Å². The topological polar surface area (TPSA) is 69.7 Å². The number of hydrogen-bond acceptors (Lipinski definition) is 6. The molecule has 9 heteroatoms. The highest BCUT2D eigenvalue weighted by Gasteiger charge is 2.26. The van der Waals surface area contributed by atoms with Gasteiger partial charge in [-0.1, -0.05) is 36.4 Å². The number of rotatable bonds is 6. The van der Waals surface area contributed by atoms with Crippen LogP contribution < -0.4 is 5.32 Å². The van der Waals surface area contributed by atoms with Gasteiger partial charge in [0.15, 0.2) is 17.5 Å². The number of anilines is 1. The molecular weight excluding hydrogens is 423 g/mol. The fourth-order valence-corrected chi connectivity index (χ4v) is 5.74. The summed E-state index contributed by atoms with van der Waals surface area (Å²) >= 11 is 8.04. The van der Waals surface area contributed by atoms with Gasteiger partial charge in [-0.25, -0.2) is 23.6 Å². The van der Waals surface area contributed by atoms with Crippen LogP contribution in [0.4, 0.5) is 10.2 Å². The summed E-state index contributed by atoms with van der Waals surface area (Å²) < 4.78 is 16.9. The molecular formula is C21H24ClFN6S. The highest BCUT2D eigenvalue weighted by molar-refractivity contribution is 7.97. The molecule has 4 heterocycles. The molecule has 0 aromatic carbocycles. The van der Waals surface area contributed by atoms with E-state index in [0.29, 0.717) is 16.5 Å². The first-order valence-electron chi connectivity index (χ1n) is 10.5. The monoisotopic (exact) mass is 446 g/mol. The number of fused-ring (bicyclic) bond motifs is 1. The normalized spacial score (nSPS) is 20.4. The van der Waals surface area contributed by atoms with E-state index in [4.69, 9.17) is 11.6 Å². The Balaban J connectivity index is 1.28. The van der Waals surface area contributed by atoms with E-state index < -0.39 is 5.82 Å². The smallest absolute Gasteiger partial charge is 0.183 e. The van der Waals surface area contributed by atoms with Gasteiger partial charge in [0.25, 0.3) is 0 Å². The second kappa shape index (κ2) is 8.69. The van der Waals surface area contributed by atoms with Gasteiger partial charge >= 0.3 is 0 Å². The zero-order valence-corrected chi connectivity index (χ0v) is 18.1. The average Bonchev–Trinajstić information content (AvgIpc) is 3.49. The molecule has 3 aromatic rings. The van der Waals surface area contributed by atoms with Crippen molar-refractivity contribution in [3.63, 3.8) is 0 Å². The summed E-state index contributed by atoms with van der Waals surface area (Å²) in [5.41, 5.74) is 1.45. The Morgan fingerprint density at radius 2 is 2.10 bits per heavy atom. The SMILES string of the molecule is Fc1cnc(-c2c[nH]c3ncc(Cl)cc23)nc1NC1CCN(SCC2CCCC2)C1. The van der Waals surface area contributed by atoms with Crippen molar-refractivity contribution in [1.82, 2.24) is 24.2 Å². The van der Waals surface area contributed by atoms with E-state index in [0.717, 1.165) is 36.4 Å². The third-order valence-corrected chi connectivity index (χ3v) is 7.47. The fraction of sp³-hybridized carbons (Fsp3) is 0.476. The van der Waals surface area contributed by atoms with Crippen LogP contribution in [0, 0.1) is 11.7 Å². The molecule has 30 heavy (non-hydrogen) atoms. The van der Waals surface area contributed by atoms with Crippen molar-refractivity contribution in [3.8, 4) is 11.4 Å². The minimum absolute atomic E-state index is 0.178. The average molecular weight is 447 g/mol. The number of halogens is 2. The molecule has 158 valence electrons. The van der Waals surface area contributed by atoms with Crippen molar-refractivity contribution in [2.75, 3.05) is 24.2 Å². The van der Waals surface area contributed by atoms with Crippen molar-refractivity contribution in [3.05, 3.63) is 35.5 Å². The Morgan fingerprint density at radius 1 is 1.23 bits per heavy atom. The van der Waals surface area contributed by atoms with Crippen LogP contribution in [-0.2, 0) is 0 Å². The van der Waals surface area contributed by atoms with Crippen LogP contribution >= 0.6 is 23.5 Å². The Labute approximate surface area is 184 Å². The highest BCUT2D eigenvalue weighted by atomic mass is 35.5. The van der Waals surface area contributed by atoms with E-state index in [9.17, 15) is 4.39 Å². The number of H-pyrrole nitrogens is 1. The van der Waals surface area contributed by atoms with E-state index in [2.05, 4.69) is 29.6 Å². The van der Waals surface area contributed by atoms with Crippen LogP contribution in [-0.4, -0.2) is 49.1 Å². The van der Waals surface area contributed by atoms with E-state index in [1.165, 1.54) is 37.6 Å². The van der Waals surface area contributed by atoms with Crippen molar-refractivity contribution >= 4 is 40.4 Å². The number of nitrogens with one attached hydrogen (secondary N) is 2. The molecule has 2 fully saturated rings. The number of pyridine rings is 1. The van der Waals surface area contributed by atoms with Crippen LogP contribution in [0.25, 0.3) is 22.4 Å². The maximum Gasteiger partial charge on any atom is 0.183 e. The lowest BCUT2D eigenvalue weighted by atomic mass is 10.1. The van der Waals surface area contributed by atoms with Gasteiger partial charge in [0.05, 0.1) is 11.2 Å². The van der Waals surface area contributed by atoms with Crippen molar-refractivity contribution in [2.24, 2.45) is 5.92 Å². The van der Waals surface area contributed by atoms with Gasteiger partial charge < -0.3 is 10.3 Å². The molecule has 1 aliphatic carbocycles. The molecule has 3 aromatic heterocycles. The van der Waals surface area contributed by atoms with Gasteiger partial charge in [0, 0.05) is 48.2 Å². The van der Waals surface area contributed by atoms with Crippen LogP contribution in [0.3, 0.4) is 0 Å². The summed E-state index contributed by atoms with van der Waals surface area (Å²) in [7, 11) is 0. The minimum Gasteiger partial charge on any atom is -0.363 e. The highest BCUT2D eigenvalue weighted by Crippen LogP contribution is 2.32. The molecule has 0 radical (unpaired) electrons. The van der Waals surface area contributed by atoms with Gasteiger partial charge in [-0.05, 0) is 31.2 Å². The standard InChI is InChI=1S/C21H24ClFN6S/c22-14-7-16-17(9-25-19(16)24-8-14)20-26-10-18(23)21(28-20)27-15-5-6-29(11-15)30-12-13-3-1-2-4-13/h7-10,13,15H,1-6,11-12H2,(H,24,25)(H,26,27,28). The Morgan fingerprint density at radius 3 is 2.97 bits per heavy atom. The summed E-state index contributed by atoms with van der Waals surface area (Å²) in [5.74, 6) is 2.32. The molecule has 5 rings (SSSR count). The lowest BCUT2D eigenvalue weighted by molar-refractivity contribution is 0.559. The Bertz CT molecular complexity index is 1040. The van der Waals surface area contributed by atoms with Crippen molar-refractivity contribution in [2.45, 2.75) is 38.1 Å². The molecule has 1 saturated heterocycles. The molecule has 1 atom stereocenters. The zero-order chi connectivity index (χ0) is 20.5. The van der Waals surface area contributed by atoms with Gasteiger partial charge in [0.2, 0.25) is 0 Å². The van der Waals surface area contributed by atoms with Crippen LogP contribution in [0.15, 0.2) is 24.7 Å². The van der Waals surface area contributed by atoms with Gasteiger partial charge in [-0.15, -0.1) is 0 Å². The van der Waals surface area contributed by atoms with Gasteiger partial charge in [-0.2, -0.15) is 0 Å². The molecule has 0 bridgehead atoms. The number of hydrogen-bond donors (Lipinski definition) is 2. The molecule has 1 saturated carbocycles. The lowest BCUT2D eigenvalue weighted by Gasteiger charge is -2.18. The number of aromatic amines is 1. The largest absolute Gasteiger partial charge is 0.363 e. The third-order valence-electron chi connectivity index (χ3n) is 5.94. The first kappa shape index (κ1) is 20.0. The summed E-state index contributed by atoms with van der Waals surface area (Å²) in [6.45, 7) is 1.91. The van der Waals surface area contributed by atoms with Gasteiger partial charge in [0.1, 0.15) is 5.65 Å². The summed E-state index contributed by atoms with van der Waals surface area (Å²) in [6.07, 6.45) is 11.1. The minimum atomic E-state index is -0.438. The van der Waals surface area contributed by atoms with E-state index in [-0.39, 0.29) is 11.9 Å². The molecule has 2 aliphatic rings. The number of aromatic nitrogens is 4. The lowest BCUT2D eigenvalue weighted by Crippen LogP contribution is -2.24. The molecule has 1 unspecified atom stereocenters. The second-order valence-corrected chi connectivity index (χ2v) is 9.65. The fourth-order valence-electron chi connectivity index (χ4n) is 4.31. The zero-order valence-electron chi connectivity index (χ0n) is 16.6. The van der Waals surface area contributed by atoms with Crippen LogP contribution in [0.5, 0.6) is 0 Å². The van der Waals surface area contributed by atoms with E-state index in [1.54, 1.807) is 12.4 Å². The van der Waals surface area contributed by atoms with Crippen LogP contribution in [0.1, 0.15) is 32.1 Å². The van der Waals surface area contributed by atoms with Crippen molar-refractivity contribution < 1.29 is 4.39 Å². The van der Waals surface area contributed by atoms with Crippen molar-refractivity contribution in [1.29, 1.82) is 0 Å². The quantitative estimate of drug-likeness (QED) is 0.511. The third kappa shape index (κ3) is 4.26. The first-order chi connectivity index (χ1) is 14.7. The second-order valence-electron chi connectivity index (χ2n) is 8.11. The predicted octanol–water partition coefficient (Wildman–Crippen LogP) is 5.14. The summed E-state index contributed by atoms with van der Waals surface area (Å²) in [4.78, 5) is 16.0. The Kier molecular flexibility index (Phi) is 5.80. The van der Waals surface area contributed by atoms with E-state index in [1.807, 2.05) is 18.0 Å². The molecule has 6 nitrogen and oxygen atoms in total. The first-order valence-corrected chi connectivity index (χ1v) is 11.8. The molecule has 1 aliphatic heterocycles. The summed E-state index contributed by atoms with van der Waals surface area (Å²) in [6, 6.07) is 1.99.